The first-order valence-corrected chi connectivity index (χ1v) is 7.69. The number of hydrogen-bond donors (Lipinski definition) is 1. The van der Waals surface area contributed by atoms with Gasteiger partial charge in [0.25, 0.3) is 0 Å². The fourth-order valence-electron chi connectivity index (χ4n) is 3.69. The van der Waals surface area contributed by atoms with Gasteiger partial charge in [-0.3, -0.25) is 0 Å². The predicted molar refractivity (Wildman–Crippen MR) is 89.6 cm³/mol. The van der Waals surface area contributed by atoms with Gasteiger partial charge in [-0.2, -0.15) is 0 Å². The number of nitrogens with two attached hydrogens (primary N) is 1. The van der Waals surface area contributed by atoms with Crippen LogP contribution in [-0.4, -0.2) is 0 Å². The lowest BCUT2D eigenvalue weighted by Gasteiger charge is -2.27. The van der Waals surface area contributed by atoms with E-state index in [1.807, 2.05) is 0 Å². The van der Waals surface area contributed by atoms with E-state index in [2.05, 4.69) is 60.7 Å². The number of rotatable bonds is 1. The van der Waals surface area contributed by atoms with Crippen LogP contribution in [0.3, 0.4) is 0 Å². The standard InChI is InChI=1S/C20H19N/c21-20-17-10-4-2-7-15(17)12-13-19(20)18-11-5-8-14-6-1-3-9-16(14)18/h1-4,6-7,9-10,12-13,18H,5,8,11,21H2/t18-/m1/s1. The Morgan fingerprint density at radius 3 is 2.57 bits per heavy atom. The van der Waals surface area contributed by atoms with Crippen molar-refractivity contribution < 1.29 is 0 Å². The topological polar surface area (TPSA) is 26.0 Å². The molecule has 0 heterocycles. The van der Waals surface area contributed by atoms with E-state index in [1.165, 1.54) is 46.7 Å². The molecule has 2 N–H and O–H groups in total. The van der Waals surface area contributed by atoms with Gasteiger partial charge in [0, 0.05) is 17.0 Å². The molecular weight excluding hydrogens is 254 g/mol. The van der Waals surface area contributed by atoms with Gasteiger partial charge in [-0.1, -0.05) is 60.7 Å². The Morgan fingerprint density at radius 2 is 1.62 bits per heavy atom. The summed E-state index contributed by atoms with van der Waals surface area (Å²) in [5.41, 5.74) is 11.7. The van der Waals surface area contributed by atoms with E-state index in [0.717, 1.165) is 5.69 Å². The van der Waals surface area contributed by atoms with Crippen molar-refractivity contribution in [1.82, 2.24) is 0 Å². The molecule has 4 rings (SSSR count). The number of fused-ring (bicyclic) bond motifs is 2. The number of anilines is 1. The second-order valence-corrected chi connectivity index (χ2v) is 5.93. The Bertz CT molecular complexity index is 804. The lowest BCUT2D eigenvalue weighted by atomic mass is 9.78. The summed E-state index contributed by atoms with van der Waals surface area (Å²) in [6, 6.07) is 21.6. The summed E-state index contributed by atoms with van der Waals surface area (Å²) in [6.07, 6.45) is 3.63. The van der Waals surface area contributed by atoms with Gasteiger partial charge >= 0.3 is 0 Å². The largest absolute Gasteiger partial charge is 0.398 e. The minimum Gasteiger partial charge on any atom is -0.398 e. The van der Waals surface area contributed by atoms with Crippen molar-refractivity contribution in [3.05, 3.63) is 77.4 Å². The quantitative estimate of drug-likeness (QED) is 0.628. The molecular formula is C20H19N. The maximum absolute atomic E-state index is 6.51. The normalized spacial score (nSPS) is 17.6. The lowest BCUT2D eigenvalue weighted by molar-refractivity contribution is 0.617. The summed E-state index contributed by atoms with van der Waals surface area (Å²) >= 11 is 0. The second kappa shape index (κ2) is 4.92. The van der Waals surface area contributed by atoms with Gasteiger partial charge in [0.05, 0.1) is 0 Å². The zero-order chi connectivity index (χ0) is 14.2. The van der Waals surface area contributed by atoms with E-state index < -0.39 is 0 Å². The first-order valence-electron chi connectivity index (χ1n) is 7.69. The Balaban J connectivity index is 1.90. The van der Waals surface area contributed by atoms with Crippen LogP contribution in [-0.2, 0) is 6.42 Å². The molecule has 21 heavy (non-hydrogen) atoms. The molecule has 1 aliphatic rings. The predicted octanol–water partition coefficient (Wildman–Crippen LogP) is 4.89. The van der Waals surface area contributed by atoms with E-state index in [-0.39, 0.29) is 0 Å². The Hall–Kier alpha value is -2.28. The van der Waals surface area contributed by atoms with Gasteiger partial charge in [0.2, 0.25) is 0 Å². The smallest absolute Gasteiger partial charge is 0.0432 e. The Labute approximate surface area is 125 Å². The molecule has 1 nitrogen and oxygen atoms in total. The van der Waals surface area contributed by atoms with Crippen LogP contribution in [0.4, 0.5) is 5.69 Å². The summed E-state index contributed by atoms with van der Waals surface area (Å²) in [4.78, 5) is 0. The van der Waals surface area contributed by atoms with Gasteiger partial charge in [0.15, 0.2) is 0 Å². The van der Waals surface area contributed by atoms with Crippen molar-refractivity contribution in [3.8, 4) is 0 Å². The summed E-state index contributed by atoms with van der Waals surface area (Å²) in [7, 11) is 0. The highest BCUT2D eigenvalue weighted by Gasteiger charge is 2.23. The Kier molecular flexibility index (Phi) is 2.92. The summed E-state index contributed by atoms with van der Waals surface area (Å²) in [5.74, 6) is 0.444. The zero-order valence-corrected chi connectivity index (χ0v) is 12.0. The number of benzene rings is 3. The highest BCUT2D eigenvalue weighted by Crippen LogP contribution is 2.40. The fourth-order valence-corrected chi connectivity index (χ4v) is 3.69. The molecule has 0 unspecified atom stereocenters. The maximum Gasteiger partial charge on any atom is 0.0432 e. The van der Waals surface area contributed by atoms with Crippen LogP contribution < -0.4 is 5.73 Å². The third-order valence-corrected chi connectivity index (χ3v) is 4.75. The van der Waals surface area contributed by atoms with Crippen molar-refractivity contribution in [2.24, 2.45) is 0 Å². The van der Waals surface area contributed by atoms with Gasteiger partial charge < -0.3 is 5.73 Å². The van der Waals surface area contributed by atoms with Crippen LogP contribution in [0.1, 0.15) is 35.4 Å². The van der Waals surface area contributed by atoms with Crippen molar-refractivity contribution in [2.45, 2.75) is 25.2 Å². The molecule has 3 aromatic rings. The van der Waals surface area contributed by atoms with E-state index in [1.54, 1.807) is 0 Å². The van der Waals surface area contributed by atoms with Gasteiger partial charge in [-0.15, -0.1) is 0 Å². The van der Waals surface area contributed by atoms with Crippen LogP contribution in [0.5, 0.6) is 0 Å². The third-order valence-electron chi connectivity index (χ3n) is 4.75. The molecule has 0 bridgehead atoms. The summed E-state index contributed by atoms with van der Waals surface area (Å²) < 4.78 is 0. The average Bonchev–Trinajstić information content (AvgIpc) is 2.55. The van der Waals surface area contributed by atoms with Crippen molar-refractivity contribution in [2.75, 3.05) is 5.73 Å². The van der Waals surface area contributed by atoms with Crippen molar-refractivity contribution in [1.29, 1.82) is 0 Å². The number of aryl methyl sites for hydroxylation is 1. The first-order chi connectivity index (χ1) is 10.3. The maximum atomic E-state index is 6.51. The molecule has 0 amide bonds. The SMILES string of the molecule is Nc1c([C@@H]2CCCc3ccccc32)ccc2ccccc12. The lowest BCUT2D eigenvalue weighted by Crippen LogP contribution is -2.12. The molecule has 1 aliphatic carbocycles. The van der Waals surface area contributed by atoms with Crippen LogP contribution in [0.25, 0.3) is 10.8 Å². The molecule has 0 saturated carbocycles. The first kappa shape index (κ1) is 12.5. The van der Waals surface area contributed by atoms with E-state index in [9.17, 15) is 0 Å². The molecule has 0 fully saturated rings. The fraction of sp³-hybridized carbons (Fsp3) is 0.200. The highest BCUT2D eigenvalue weighted by atomic mass is 14.6. The van der Waals surface area contributed by atoms with E-state index >= 15 is 0 Å². The van der Waals surface area contributed by atoms with Crippen LogP contribution in [0, 0.1) is 0 Å². The molecule has 1 heteroatoms. The minimum absolute atomic E-state index is 0.444. The molecule has 0 saturated heterocycles. The van der Waals surface area contributed by atoms with Crippen molar-refractivity contribution >= 4 is 16.5 Å². The average molecular weight is 273 g/mol. The molecule has 0 spiro atoms. The molecule has 104 valence electrons. The Morgan fingerprint density at radius 1 is 0.810 bits per heavy atom. The summed E-state index contributed by atoms with van der Waals surface area (Å²) in [6.45, 7) is 0. The highest BCUT2D eigenvalue weighted by molar-refractivity contribution is 5.94. The minimum atomic E-state index is 0.444. The van der Waals surface area contributed by atoms with Crippen LogP contribution in [0.15, 0.2) is 60.7 Å². The second-order valence-electron chi connectivity index (χ2n) is 5.93. The van der Waals surface area contributed by atoms with E-state index in [0.29, 0.717) is 5.92 Å². The van der Waals surface area contributed by atoms with Crippen LogP contribution in [0.2, 0.25) is 0 Å². The molecule has 0 radical (unpaired) electrons. The molecule has 1 atom stereocenters. The molecule has 3 aromatic carbocycles. The molecule has 0 aliphatic heterocycles. The monoisotopic (exact) mass is 273 g/mol. The number of hydrogen-bond acceptors (Lipinski definition) is 1. The van der Waals surface area contributed by atoms with Gasteiger partial charge in [-0.05, 0) is 41.3 Å². The van der Waals surface area contributed by atoms with Crippen LogP contribution >= 0.6 is 0 Å². The molecule has 0 aromatic heterocycles. The summed E-state index contributed by atoms with van der Waals surface area (Å²) in [5, 5.41) is 2.40. The van der Waals surface area contributed by atoms with E-state index in [4.69, 9.17) is 5.73 Å². The van der Waals surface area contributed by atoms with Gasteiger partial charge in [-0.25, -0.2) is 0 Å². The third kappa shape index (κ3) is 2.01. The zero-order valence-electron chi connectivity index (χ0n) is 12.0. The number of nitrogen functional groups attached to an aromatic ring is 1. The van der Waals surface area contributed by atoms with Gasteiger partial charge in [0.1, 0.15) is 0 Å². The van der Waals surface area contributed by atoms with Crippen molar-refractivity contribution in [3.63, 3.8) is 0 Å².